The van der Waals surface area contributed by atoms with Crippen LogP contribution >= 0.6 is 0 Å². The van der Waals surface area contributed by atoms with Crippen LogP contribution in [0.15, 0.2) is 18.2 Å². The summed E-state index contributed by atoms with van der Waals surface area (Å²) in [6, 6.07) is 7.10. The molecule has 0 aromatic heterocycles. The van der Waals surface area contributed by atoms with Crippen LogP contribution < -0.4 is 5.32 Å². The maximum Gasteiger partial charge on any atom is 0.0820 e. The van der Waals surface area contributed by atoms with Crippen molar-refractivity contribution in [3.63, 3.8) is 0 Å². The minimum Gasteiger partial charge on any atom is -0.390 e. The molecule has 3 nitrogen and oxygen atoms in total. The second-order valence-electron chi connectivity index (χ2n) is 5.62. The fourth-order valence-corrected chi connectivity index (χ4v) is 3.25. The van der Waals surface area contributed by atoms with Crippen molar-refractivity contribution in [2.75, 3.05) is 19.6 Å². The average molecular weight is 246 g/mol. The third-order valence-electron chi connectivity index (χ3n) is 4.29. The molecule has 2 heterocycles. The van der Waals surface area contributed by atoms with Crippen molar-refractivity contribution in [1.29, 1.82) is 0 Å². The molecule has 2 aliphatic rings. The van der Waals surface area contributed by atoms with Gasteiger partial charge < -0.3 is 10.4 Å². The van der Waals surface area contributed by atoms with Gasteiger partial charge in [-0.3, -0.25) is 4.90 Å². The highest BCUT2D eigenvalue weighted by Gasteiger charge is 2.30. The van der Waals surface area contributed by atoms with Crippen molar-refractivity contribution in [2.24, 2.45) is 0 Å². The first kappa shape index (κ1) is 12.2. The molecule has 2 N–H and O–H groups in total. The summed E-state index contributed by atoms with van der Waals surface area (Å²) >= 11 is 0. The Morgan fingerprint density at radius 3 is 3.06 bits per heavy atom. The third-order valence-corrected chi connectivity index (χ3v) is 4.29. The van der Waals surface area contributed by atoms with E-state index >= 15 is 0 Å². The molecular weight excluding hydrogens is 224 g/mol. The van der Waals surface area contributed by atoms with Crippen molar-refractivity contribution in [2.45, 2.75) is 38.5 Å². The molecule has 2 aliphatic heterocycles. The Morgan fingerprint density at radius 1 is 1.33 bits per heavy atom. The van der Waals surface area contributed by atoms with Gasteiger partial charge in [-0.05, 0) is 37.4 Å². The number of aliphatic hydroxyl groups is 1. The number of piperidine rings is 1. The van der Waals surface area contributed by atoms with Gasteiger partial charge in [0, 0.05) is 25.7 Å². The van der Waals surface area contributed by atoms with E-state index in [0.717, 1.165) is 39.0 Å². The van der Waals surface area contributed by atoms with E-state index in [1.807, 2.05) is 0 Å². The summed E-state index contributed by atoms with van der Waals surface area (Å²) in [5.41, 5.74) is 4.27. The zero-order valence-corrected chi connectivity index (χ0v) is 11.0. The van der Waals surface area contributed by atoms with Crippen LogP contribution in [-0.4, -0.2) is 41.8 Å². The van der Waals surface area contributed by atoms with Crippen molar-refractivity contribution in [3.05, 3.63) is 34.9 Å². The molecule has 0 saturated carbocycles. The van der Waals surface area contributed by atoms with Gasteiger partial charge in [0.2, 0.25) is 0 Å². The van der Waals surface area contributed by atoms with Crippen molar-refractivity contribution in [1.82, 2.24) is 10.2 Å². The fraction of sp³-hybridized carbons (Fsp3) is 0.600. The highest BCUT2D eigenvalue weighted by atomic mass is 16.3. The first-order valence-corrected chi connectivity index (χ1v) is 6.95. The molecule has 1 aromatic rings. The zero-order chi connectivity index (χ0) is 12.5. The third kappa shape index (κ3) is 2.30. The van der Waals surface area contributed by atoms with Gasteiger partial charge >= 0.3 is 0 Å². The van der Waals surface area contributed by atoms with Crippen LogP contribution in [0.1, 0.15) is 23.1 Å². The SMILES string of the molecule is Cc1ccc2c(c1)CN(C1CCNCC1O)CC2. The van der Waals surface area contributed by atoms with Gasteiger partial charge in [-0.15, -0.1) is 0 Å². The first-order chi connectivity index (χ1) is 8.74. The predicted molar refractivity (Wildman–Crippen MR) is 72.6 cm³/mol. The van der Waals surface area contributed by atoms with E-state index in [9.17, 15) is 5.11 Å². The number of rotatable bonds is 1. The number of aliphatic hydroxyl groups excluding tert-OH is 1. The van der Waals surface area contributed by atoms with Gasteiger partial charge in [0.05, 0.1) is 6.10 Å². The van der Waals surface area contributed by atoms with E-state index in [-0.39, 0.29) is 6.10 Å². The molecule has 3 rings (SSSR count). The second-order valence-corrected chi connectivity index (χ2v) is 5.62. The molecule has 2 atom stereocenters. The summed E-state index contributed by atoms with van der Waals surface area (Å²) in [5, 5.41) is 13.4. The summed E-state index contributed by atoms with van der Waals surface area (Å²) in [7, 11) is 0. The minimum atomic E-state index is -0.217. The van der Waals surface area contributed by atoms with E-state index < -0.39 is 0 Å². The second kappa shape index (κ2) is 5.00. The van der Waals surface area contributed by atoms with E-state index in [2.05, 4.69) is 35.3 Å². The van der Waals surface area contributed by atoms with Crippen molar-refractivity contribution >= 4 is 0 Å². The van der Waals surface area contributed by atoms with Crippen LogP contribution in [0.2, 0.25) is 0 Å². The molecule has 0 bridgehead atoms. The number of fused-ring (bicyclic) bond motifs is 1. The molecule has 18 heavy (non-hydrogen) atoms. The predicted octanol–water partition coefficient (Wildman–Crippen LogP) is 1.08. The molecule has 2 unspecified atom stereocenters. The van der Waals surface area contributed by atoms with E-state index in [1.165, 1.54) is 16.7 Å². The van der Waals surface area contributed by atoms with E-state index in [4.69, 9.17) is 0 Å². The fourth-order valence-electron chi connectivity index (χ4n) is 3.25. The lowest BCUT2D eigenvalue weighted by Crippen LogP contribution is -2.53. The summed E-state index contributed by atoms with van der Waals surface area (Å²) in [6.07, 6.45) is 1.96. The monoisotopic (exact) mass is 246 g/mol. The number of hydrogen-bond donors (Lipinski definition) is 2. The molecule has 0 aliphatic carbocycles. The molecule has 0 radical (unpaired) electrons. The standard InChI is InChI=1S/C15H22N2O/c1-11-2-3-12-5-7-17(10-13(12)8-11)14-4-6-16-9-15(14)18/h2-3,8,14-16,18H,4-7,9-10H2,1H3. The lowest BCUT2D eigenvalue weighted by molar-refractivity contribution is 0.0220. The topological polar surface area (TPSA) is 35.5 Å². The zero-order valence-electron chi connectivity index (χ0n) is 11.0. The van der Waals surface area contributed by atoms with Crippen LogP contribution in [0.3, 0.4) is 0 Å². The Morgan fingerprint density at radius 2 is 2.22 bits per heavy atom. The number of β-amino-alcohol motifs (C(OH)–C–C–N with tert-alkyl or cyclic N) is 1. The van der Waals surface area contributed by atoms with Crippen molar-refractivity contribution in [3.8, 4) is 0 Å². The van der Waals surface area contributed by atoms with Crippen LogP contribution in [-0.2, 0) is 13.0 Å². The lowest BCUT2D eigenvalue weighted by atomic mass is 9.94. The van der Waals surface area contributed by atoms with Gasteiger partial charge in [0.1, 0.15) is 0 Å². The van der Waals surface area contributed by atoms with Gasteiger partial charge in [-0.1, -0.05) is 23.8 Å². The molecule has 0 spiro atoms. The van der Waals surface area contributed by atoms with E-state index in [1.54, 1.807) is 0 Å². The minimum absolute atomic E-state index is 0.217. The number of nitrogens with zero attached hydrogens (tertiary/aromatic N) is 1. The Kier molecular flexibility index (Phi) is 3.37. The Bertz CT molecular complexity index is 433. The molecule has 1 saturated heterocycles. The maximum atomic E-state index is 10.1. The van der Waals surface area contributed by atoms with Crippen LogP contribution in [0.4, 0.5) is 0 Å². The quantitative estimate of drug-likeness (QED) is 0.778. The summed E-state index contributed by atoms with van der Waals surface area (Å²) in [5.74, 6) is 0. The molecule has 3 heteroatoms. The maximum absolute atomic E-state index is 10.1. The Balaban J connectivity index is 1.77. The normalized spacial score (nSPS) is 29.0. The molecular formula is C15H22N2O. The van der Waals surface area contributed by atoms with Crippen LogP contribution in [0.25, 0.3) is 0 Å². The highest BCUT2D eigenvalue weighted by Crippen LogP contribution is 2.24. The first-order valence-electron chi connectivity index (χ1n) is 6.95. The number of nitrogens with one attached hydrogen (secondary N) is 1. The van der Waals surface area contributed by atoms with Gasteiger partial charge in [0.15, 0.2) is 0 Å². The summed E-state index contributed by atoms with van der Waals surface area (Å²) < 4.78 is 0. The number of hydrogen-bond acceptors (Lipinski definition) is 3. The van der Waals surface area contributed by atoms with Gasteiger partial charge in [0.25, 0.3) is 0 Å². The van der Waals surface area contributed by atoms with Gasteiger partial charge in [-0.25, -0.2) is 0 Å². The number of aryl methyl sites for hydroxylation is 1. The average Bonchev–Trinajstić information content (AvgIpc) is 2.38. The van der Waals surface area contributed by atoms with Gasteiger partial charge in [-0.2, -0.15) is 0 Å². The van der Waals surface area contributed by atoms with Crippen LogP contribution in [0.5, 0.6) is 0 Å². The lowest BCUT2D eigenvalue weighted by Gasteiger charge is -2.40. The largest absolute Gasteiger partial charge is 0.390 e. The molecule has 1 aromatic carbocycles. The number of benzene rings is 1. The highest BCUT2D eigenvalue weighted by molar-refractivity contribution is 5.33. The Labute approximate surface area is 109 Å². The molecule has 1 fully saturated rings. The summed E-state index contributed by atoms with van der Waals surface area (Å²) in [6.45, 7) is 6.00. The van der Waals surface area contributed by atoms with E-state index in [0.29, 0.717) is 6.04 Å². The smallest absolute Gasteiger partial charge is 0.0820 e. The van der Waals surface area contributed by atoms with Crippen molar-refractivity contribution < 1.29 is 5.11 Å². The summed E-state index contributed by atoms with van der Waals surface area (Å²) in [4.78, 5) is 2.47. The van der Waals surface area contributed by atoms with Crippen LogP contribution in [0, 0.1) is 6.92 Å². The molecule has 0 amide bonds. The Hall–Kier alpha value is -0.900. The molecule has 98 valence electrons.